The summed E-state index contributed by atoms with van der Waals surface area (Å²) in [6, 6.07) is 3.76. The van der Waals surface area contributed by atoms with Gasteiger partial charge in [-0.25, -0.2) is 0 Å². The number of nitrogens with zero attached hydrogens (tertiary/aromatic N) is 1. The molecule has 0 saturated carbocycles. The first-order valence-corrected chi connectivity index (χ1v) is 5.39. The Morgan fingerprint density at radius 2 is 2.43 bits per heavy atom. The minimum atomic E-state index is 0.198. The zero-order chi connectivity index (χ0) is 9.97. The van der Waals surface area contributed by atoms with Gasteiger partial charge in [0.1, 0.15) is 5.78 Å². The number of hydrogen-bond acceptors (Lipinski definition) is 3. The van der Waals surface area contributed by atoms with E-state index in [0.29, 0.717) is 6.42 Å². The Kier molecular flexibility index (Phi) is 2.93. The molecule has 1 aliphatic heterocycles. The van der Waals surface area contributed by atoms with Crippen LogP contribution in [0.5, 0.6) is 0 Å². The topological polar surface area (TPSA) is 42.0 Å². The highest BCUT2D eigenvalue weighted by atomic mass is 79.9. The van der Waals surface area contributed by atoms with E-state index in [-0.39, 0.29) is 11.7 Å². The lowest BCUT2D eigenvalue weighted by molar-refractivity contribution is -0.123. The van der Waals surface area contributed by atoms with Crippen LogP contribution in [0, 0.1) is 5.92 Å². The number of hydrogen-bond donors (Lipinski definition) is 1. The van der Waals surface area contributed by atoms with Crippen molar-refractivity contribution in [2.75, 3.05) is 13.1 Å². The molecule has 2 heterocycles. The molecule has 2 rings (SSSR count). The number of Topliss-reactive ketones (excluding diaryl/α,β-unsaturated/α-hetero) is 1. The Labute approximate surface area is 91.0 Å². The molecule has 0 bridgehead atoms. The molecule has 1 aromatic heterocycles. The molecule has 0 unspecified atom stereocenters. The summed E-state index contributed by atoms with van der Waals surface area (Å²) in [5.74, 6) is 0.479. The van der Waals surface area contributed by atoms with Crippen molar-refractivity contribution in [1.82, 2.24) is 10.3 Å². The van der Waals surface area contributed by atoms with Crippen LogP contribution in [0.4, 0.5) is 0 Å². The van der Waals surface area contributed by atoms with E-state index in [1.165, 1.54) is 0 Å². The van der Waals surface area contributed by atoms with Gasteiger partial charge in [-0.15, -0.1) is 0 Å². The first-order chi connectivity index (χ1) is 6.77. The number of carbonyl (C=O) groups is 1. The van der Waals surface area contributed by atoms with Gasteiger partial charge < -0.3 is 5.32 Å². The maximum atomic E-state index is 11.6. The van der Waals surface area contributed by atoms with Gasteiger partial charge in [-0.3, -0.25) is 9.78 Å². The monoisotopic (exact) mass is 254 g/mol. The van der Waals surface area contributed by atoms with E-state index < -0.39 is 0 Å². The third-order valence-corrected chi connectivity index (χ3v) is 3.14. The molecule has 1 aliphatic rings. The van der Waals surface area contributed by atoms with Gasteiger partial charge in [0.25, 0.3) is 0 Å². The van der Waals surface area contributed by atoms with E-state index >= 15 is 0 Å². The van der Waals surface area contributed by atoms with Gasteiger partial charge >= 0.3 is 0 Å². The van der Waals surface area contributed by atoms with Gasteiger partial charge in [-0.1, -0.05) is 0 Å². The molecule has 0 radical (unpaired) electrons. The van der Waals surface area contributed by atoms with E-state index in [0.717, 1.165) is 23.3 Å². The third kappa shape index (κ3) is 2.01. The number of pyridine rings is 1. The second-order valence-electron chi connectivity index (χ2n) is 3.43. The zero-order valence-electron chi connectivity index (χ0n) is 7.66. The molecule has 0 aromatic carbocycles. The molecule has 1 saturated heterocycles. The summed E-state index contributed by atoms with van der Waals surface area (Å²) >= 11 is 3.38. The van der Waals surface area contributed by atoms with Gasteiger partial charge in [0.05, 0.1) is 12.1 Å². The molecule has 0 spiro atoms. The smallest absolute Gasteiger partial charge is 0.144 e. The number of aromatic nitrogens is 1. The minimum Gasteiger partial charge on any atom is -0.315 e. The molecular formula is C10H11BrN2O. The number of halogens is 1. The summed E-state index contributed by atoms with van der Waals surface area (Å²) in [7, 11) is 0. The van der Waals surface area contributed by atoms with Crippen LogP contribution in [0.25, 0.3) is 0 Å². The van der Waals surface area contributed by atoms with Crippen LogP contribution in [0.15, 0.2) is 22.8 Å². The van der Waals surface area contributed by atoms with E-state index in [2.05, 4.69) is 26.2 Å². The Balaban J connectivity index is 2.03. The van der Waals surface area contributed by atoms with Crippen molar-refractivity contribution in [3.63, 3.8) is 0 Å². The Bertz CT molecular complexity index is 350. The predicted molar refractivity (Wildman–Crippen MR) is 57.0 cm³/mol. The lowest BCUT2D eigenvalue weighted by Gasteiger charge is -2.25. The van der Waals surface area contributed by atoms with E-state index in [9.17, 15) is 4.79 Å². The molecule has 74 valence electrons. The first kappa shape index (κ1) is 9.80. The molecule has 0 atom stereocenters. The Hall–Kier alpha value is -0.740. The van der Waals surface area contributed by atoms with E-state index in [4.69, 9.17) is 0 Å². The second kappa shape index (κ2) is 4.19. The average Bonchev–Trinajstić information content (AvgIpc) is 2.05. The number of ketones is 1. The van der Waals surface area contributed by atoms with Gasteiger partial charge in [0, 0.05) is 29.7 Å². The predicted octanol–water partition coefficient (Wildman–Crippen LogP) is 1.18. The first-order valence-electron chi connectivity index (χ1n) is 4.60. The lowest BCUT2D eigenvalue weighted by atomic mass is 9.95. The van der Waals surface area contributed by atoms with E-state index in [1.54, 1.807) is 6.20 Å². The van der Waals surface area contributed by atoms with Gasteiger partial charge in [-0.05, 0) is 28.1 Å². The summed E-state index contributed by atoms with van der Waals surface area (Å²) in [6.07, 6.45) is 2.15. The fraction of sp³-hybridized carbons (Fsp3) is 0.400. The zero-order valence-corrected chi connectivity index (χ0v) is 9.25. The summed E-state index contributed by atoms with van der Waals surface area (Å²) in [5.41, 5.74) is 0.837. The molecule has 3 nitrogen and oxygen atoms in total. The van der Waals surface area contributed by atoms with Crippen LogP contribution in [0.2, 0.25) is 0 Å². The Morgan fingerprint density at radius 3 is 3.00 bits per heavy atom. The van der Waals surface area contributed by atoms with Crippen molar-refractivity contribution in [2.24, 2.45) is 5.92 Å². The second-order valence-corrected chi connectivity index (χ2v) is 4.28. The quantitative estimate of drug-likeness (QED) is 0.881. The summed E-state index contributed by atoms with van der Waals surface area (Å²) < 4.78 is 0.917. The lowest BCUT2D eigenvalue weighted by Crippen LogP contribution is -2.47. The number of nitrogens with one attached hydrogen (secondary N) is 1. The largest absolute Gasteiger partial charge is 0.315 e. The molecular weight excluding hydrogens is 244 g/mol. The highest BCUT2D eigenvalue weighted by Crippen LogP contribution is 2.16. The van der Waals surface area contributed by atoms with Crippen LogP contribution in [0.1, 0.15) is 5.69 Å². The van der Waals surface area contributed by atoms with Gasteiger partial charge in [0.15, 0.2) is 0 Å². The fourth-order valence-electron chi connectivity index (χ4n) is 1.37. The molecule has 0 amide bonds. The summed E-state index contributed by atoms with van der Waals surface area (Å²) in [5, 5.41) is 3.09. The minimum absolute atomic E-state index is 0.198. The molecule has 0 aliphatic carbocycles. The SMILES string of the molecule is O=C(Cc1ncccc1Br)C1CNC1. The van der Waals surface area contributed by atoms with Crippen molar-refractivity contribution >= 4 is 21.7 Å². The van der Waals surface area contributed by atoms with Crippen molar-refractivity contribution in [1.29, 1.82) is 0 Å². The molecule has 4 heteroatoms. The molecule has 1 N–H and O–H groups in total. The highest BCUT2D eigenvalue weighted by molar-refractivity contribution is 9.10. The number of carbonyl (C=O) groups excluding carboxylic acids is 1. The average molecular weight is 255 g/mol. The van der Waals surface area contributed by atoms with Crippen LogP contribution in [0.3, 0.4) is 0 Å². The van der Waals surface area contributed by atoms with E-state index in [1.807, 2.05) is 12.1 Å². The van der Waals surface area contributed by atoms with Crippen LogP contribution in [-0.4, -0.2) is 23.9 Å². The maximum absolute atomic E-state index is 11.6. The number of rotatable bonds is 3. The molecule has 1 aromatic rings. The van der Waals surface area contributed by atoms with Crippen LogP contribution < -0.4 is 5.32 Å². The molecule has 1 fully saturated rings. The summed E-state index contributed by atoms with van der Waals surface area (Å²) in [4.78, 5) is 15.8. The van der Waals surface area contributed by atoms with Crippen LogP contribution >= 0.6 is 15.9 Å². The van der Waals surface area contributed by atoms with Crippen molar-refractivity contribution in [3.05, 3.63) is 28.5 Å². The third-order valence-electron chi connectivity index (χ3n) is 2.41. The fourth-order valence-corrected chi connectivity index (χ4v) is 1.77. The van der Waals surface area contributed by atoms with Gasteiger partial charge in [0.2, 0.25) is 0 Å². The maximum Gasteiger partial charge on any atom is 0.144 e. The van der Waals surface area contributed by atoms with Crippen LogP contribution in [-0.2, 0) is 11.2 Å². The Morgan fingerprint density at radius 1 is 1.64 bits per heavy atom. The molecule has 14 heavy (non-hydrogen) atoms. The van der Waals surface area contributed by atoms with Crippen molar-refractivity contribution < 1.29 is 4.79 Å². The van der Waals surface area contributed by atoms with Crippen molar-refractivity contribution in [3.8, 4) is 0 Å². The van der Waals surface area contributed by atoms with Crippen molar-refractivity contribution in [2.45, 2.75) is 6.42 Å². The van der Waals surface area contributed by atoms with Gasteiger partial charge in [-0.2, -0.15) is 0 Å². The summed E-state index contributed by atoms with van der Waals surface area (Å²) in [6.45, 7) is 1.65. The normalized spacial score (nSPS) is 16.4. The standard InChI is InChI=1S/C10H11BrN2O/c11-8-2-1-3-13-9(8)4-10(14)7-5-12-6-7/h1-3,7,12H,4-6H2. The highest BCUT2D eigenvalue weighted by Gasteiger charge is 2.25.